The number of hydrogen-bond donors (Lipinski definition) is 0. The molecule has 0 amide bonds. The Kier molecular flexibility index (Phi) is 2.14. The zero-order valence-electron chi connectivity index (χ0n) is 13.2. The van der Waals surface area contributed by atoms with Crippen molar-refractivity contribution in [2.45, 2.75) is 38.9 Å². The van der Waals surface area contributed by atoms with Crippen molar-refractivity contribution >= 4 is 12.6 Å². The summed E-state index contributed by atoms with van der Waals surface area (Å²) < 4.78 is 50.6. The van der Waals surface area contributed by atoms with Crippen LogP contribution in [0.2, 0.25) is 0 Å². The van der Waals surface area contributed by atoms with E-state index in [0.717, 1.165) is 0 Å². The maximum Gasteiger partial charge on any atom is 0.498 e. The average Bonchev–Trinajstić information content (AvgIpc) is 2.73. The minimum absolute atomic E-state index is 0.0257. The number of benzene rings is 1. The highest BCUT2D eigenvalue weighted by atomic mass is 19.1. The standard InChI is InChI=1S/C13H16BFO4/c1-12(2)13(3,4)19-14(18-12)8-5-6-9-11(10(8)15)17-7-16-9/h5-6H,7H2,1-4H3/i7D2. The molecule has 2 aliphatic heterocycles. The van der Waals surface area contributed by atoms with Gasteiger partial charge in [0.2, 0.25) is 12.5 Å². The number of ether oxygens (including phenoxy) is 2. The van der Waals surface area contributed by atoms with Gasteiger partial charge in [-0.2, -0.15) is 0 Å². The van der Waals surface area contributed by atoms with Crippen molar-refractivity contribution in [3.63, 3.8) is 0 Å². The molecule has 0 radical (unpaired) electrons. The van der Waals surface area contributed by atoms with E-state index in [1.54, 1.807) is 0 Å². The van der Waals surface area contributed by atoms with Gasteiger partial charge in [0.05, 0.1) is 11.2 Å². The van der Waals surface area contributed by atoms with Crippen LogP contribution >= 0.6 is 0 Å². The van der Waals surface area contributed by atoms with E-state index in [-0.39, 0.29) is 17.0 Å². The molecule has 19 heavy (non-hydrogen) atoms. The molecule has 0 bridgehead atoms. The van der Waals surface area contributed by atoms with Crippen molar-refractivity contribution in [3.05, 3.63) is 17.9 Å². The van der Waals surface area contributed by atoms with Gasteiger partial charge in [-0.15, -0.1) is 0 Å². The Hall–Kier alpha value is -1.27. The van der Waals surface area contributed by atoms with Gasteiger partial charge in [0.25, 0.3) is 0 Å². The normalized spacial score (nSPS) is 27.1. The molecule has 1 saturated heterocycles. The van der Waals surface area contributed by atoms with Crippen molar-refractivity contribution in [1.29, 1.82) is 0 Å². The number of fused-ring (bicyclic) bond motifs is 1. The summed E-state index contributed by atoms with van der Waals surface area (Å²) in [7, 11) is -0.879. The Morgan fingerprint density at radius 3 is 2.42 bits per heavy atom. The predicted molar refractivity (Wildman–Crippen MR) is 68.2 cm³/mol. The molecule has 0 aromatic heterocycles. The highest BCUT2D eigenvalue weighted by molar-refractivity contribution is 6.62. The Morgan fingerprint density at radius 2 is 1.79 bits per heavy atom. The van der Waals surface area contributed by atoms with E-state index < -0.39 is 30.9 Å². The van der Waals surface area contributed by atoms with E-state index in [0.29, 0.717) is 0 Å². The Morgan fingerprint density at radius 1 is 1.16 bits per heavy atom. The second-order valence-electron chi connectivity index (χ2n) is 5.67. The van der Waals surface area contributed by atoms with Crippen molar-refractivity contribution in [2.24, 2.45) is 0 Å². The van der Waals surface area contributed by atoms with Gasteiger partial charge in [0.1, 0.15) is 2.74 Å². The van der Waals surface area contributed by atoms with Gasteiger partial charge in [-0.1, -0.05) is 6.07 Å². The first-order valence-corrected chi connectivity index (χ1v) is 6.08. The van der Waals surface area contributed by atoms with Crippen LogP contribution in [0.15, 0.2) is 12.1 Å². The first-order valence-electron chi connectivity index (χ1n) is 7.08. The van der Waals surface area contributed by atoms with Crippen LogP contribution in [0.25, 0.3) is 0 Å². The fourth-order valence-electron chi connectivity index (χ4n) is 1.99. The summed E-state index contributed by atoms with van der Waals surface area (Å²) in [6.45, 7) is 5.12. The van der Waals surface area contributed by atoms with Crippen molar-refractivity contribution in [1.82, 2.24) is 0 Å². The molecule has 0 aliphatic carbocycles. The maximum atomic E-state index is 14.5. The molecular weight excluding hydrogens is 250 g/mol. The van der Waals surface area contributed by atoms with Gasteiger partial charge < -0.3 is 18.8 Å². The molecular formula is C13H16BFO4. The maximum absolute atomic E-state index is 14.5. The van der Waals surface area contributed by atoms with Crippen LogP contribution in [-0.4, -0.2) is 25.1 Å². The lowest BCUT2D eigenvalue weighted by Gasteiger charge is -2.32. The van der Waals surface area contributed by atoms with Gasteiger partial charge in [0, 0.05) is 5.46 Å². The molecule has 4 nitrogen and oxygen atoms in total. The summed E-state index contributed by atoms with van der Waals surface area (Å²) in [5.41, 5.74) is -1.02. The quantitative estimate of drug-likeness (QED) is 0.728. The van der Waals surface area contributed by atoms with E-state index in [1.807, 2.05) is 27.7 Å². The predicted octanol–water partition coefficient (Wildman–Crippen LogP) is 1.85. The largest absolute Gasteiger partial charge is 0.498 e. The second kappa shape index (κ2) is 3.87. The SMILES string of the molecule is [2H]C1([2H])Oc2ccc(B3OC(C)(C)C(C)(C)O3)c(F)c2O1. The number of halogens is 1. The lowest BCUT2D eigenvalue weighted by atomic mass is 9.78. The summed E-state index contributed by atoms with van der Waals surface area (Å²) in [6, 6.07) is 2.91. The van der Waals surface area contributed by atoms with Crippen LogP contribution in [0, 0.1) is 5.82 Å². The minimum Gasteiger partial charge on any atom is -0.453 e. The molecule has 1 aromatic rings. The lowest BCUT2D eigenvalue weighted by molar-refractivity contribution is 0.00578. The van der Waals surface area contributed by atoms with Crippen LogP contribution < -0.4 is 14.9 Å². The monoisotopic (exact) mass is 268 g/mol. The molecule has 2 aliphatic rings. The number of hydrogen-bond acceptors (Lipinski definition) is 4. The van der Waals surface area contributed by atoms with E-state index in [2.05, 4.69) is 0 Å². The van der Waals surface area contributed by atoms with Crippen molar-refractivity contribution < 1.29 is 25.9 Å². The zero-order valence-corrected chi connectivity index (χ0v) is 11.2. The van der Waals surface area contributed by atoms with E-state index in [1.165, 1.54) is 12.1 Å². The molecule has 0 saturated carbocycles. The molecule has 2 heterocycles. The first-order chi connectivity index (χ1) is 9.52. The Labute approximate surface area is 114 Å². The Balaban J connectivity index is 1.97. The van der Waals surface area contributed by atoms with Gasteiger partial charge in [-0.05, 0) is 33.8 Å². The third kappa shape index (κ3) is 1.82. The highest BCUT2D eigenvalue weighted by Gasteiger charge is 2.52. The van der Waals surface area contributed by atoms with Crippen molar-refractivity contribution in [3.8, 4) is 11.5 Å². The minimum atomic E-state index is -2.36. The molecule has 0 atom stereocenters. The van der Waals surface area contributed by atoms with Crippen LogP contribution in [-0.2, 0) is 9.31 Å². The van der Waals surface area contributed by atoms with Gasteiger partial charge in [-0.25, -0.2) is 4.39 Å². The third-order valence-corrected chi connectivity index (χ3v) is 3.89. The second-order valence-corrected chi connectivity index (χ2v) is 5.67. The topological polar surface area (TPSA) is 36.9 Å². The summed E-state index contributed by atoms with van der Waals surface area (Å²) in [5.74, 6) is -0.961. The molecule has 1 fully saturated rings. The van der Waals surface area contributed by atoms with Crippen LogP contribution in [0.3, 0.4) is 0 Å². The van der Waals surface area contributed by atoms with Crippen LogP contribution in [0.4, 0.5) is 4.39 Å². The van der Waals surface area contributed by atoms with E-state index in [4.69, 9.17) is 21.5 Å². The number of rotatable bonds is 1. The molecule has 0 N–H and O–H groups in total. The summed E-state index contributed by atoms with van der Waals surface area (Å²) >= 11 is 0. The first kappa shape index (κ1) is 10.5. The lowest BCUT2D eigenvalue weighted by Crippen LogP contribution is -2.41. The van der Waals surface area contributed by atoms with E-state index in [9.17, 15) is 4.39 Å². The molecule has 102 valence electrons. The molecule has 1 aromatic carbocycles. The molecule has 3 rings (SSSR count). The van der Waals surface area contributed by atoms with Crippen LogP contribution in [0.1, 0.15) is 30.4 Å². The zero-order chi connectivity index (χ0) is 15.6. The summed E-state index contributed by atoms with van der Waals surface area (Å²) in [4.78, 5) is 0. The third-order valence-electron chi connectivity index (χ3n) is 3.89. The van der Waals surface area contributed by atoms with Gasteiger partial charge >= 0.3 is 7.12 Å². The van der Waals surface area contributed by atoms with Crippen molar-refractivity contribution in [2.75, 3.05) is 6.75 Å². The summed E-state index contributed by atoms with van der Waals surface area (Å²) in [6.07, 6.45) is 0. The van der Waals surface area contributed by atoms with E-state index >= 15 is 0 Å². The average molecular weight is 268 g/mol. The van der Waals surface area contributed by atoms with Gasteiger partial charge in [0.15, 0.2) is 11.6 Å². The highest BCUT2D eigenvalue weighted by Crippen LogP contribution is 2.38. The smallest absolute Gasteiger partial charge is 0.453 e. The van der Waals surface area contributed by atoms with Crippen LogP contribution in [0.5, 0.6) is 11.5 Å². The summed E-state index contributed by atoms with van der Waals surface area (Å²) in [5, 5.41) is 0. The fraction of sp³-hybridized carbons (Fsp3) is 0.538. The Bertz CT molecular complexity index is 590. The molecule has 0 spiro atoms. The van der Waals surface area contributed by atoms with Gasteiger partial charge in [-0.3, -0.25) is 0 Å². The molecule has 0 unspecified atom stereocenters. The molecule has 6 heteroatoms. The fourth-order valence-corrected chi connectivity index (χ4v) is 1.99.